The highest BCUT2D eigenvalue weighted by atomic mass is 31.2. The summed E-state index contributed by atoms with van der Waals surface area (Å²) < 4.78 is 9.90. The van der Waals surface area contributed by atoms with Crippen LogP contribution in [0.15, 0.2) is 0 Å². The van der Waals surface area contributed by atoms with Gasteiger partial charge < -0.3 is 20.6 Å². The molecule has 0 rings (SSSR count). The van der Waals surface area contributed by atoms with Crippen LogP contribution in [0.25, 0.3) is 0 Å². The topological polar surface area (TPSA) is 138 Å². The first kappa shape index (κ1) is 14.8. The zero-order valence-electron chi connectivity index (χ0n) is 7.17. The first-order valence-corrected chi connectivity index (χ1v) is 4.81. The van der Waals surface area contributed by atoms with Gasteiger partial charge in [-0.25, -0.2) is 4.79 Å². The van der Waals surface area contributed by atoms with Gasteiger partial charge in [0.15, 0.2) is 0 Å². The lowest BCUT2D eigenvalue weighted by Crippen LogP contribution is -2.14. The molecule has 0 heterocycles. The molecule has 0 saturated heterocycles. The molecule has 0 bridgehead atoms. The Bertz CT molecular complexity index is 219. The van der Waals surface area contributed by atoms with Crippen molar-refractivity contribution in [2.24, 2.45) is 5.73 Å². The van der Waals surface area contributed by atoms with Gasteiger partial charge in [-0.15, -0.1) is 0 Å². The molecule has 0 saturated carbocycles. The number of hydrogen-bond donors (Lipinski definition) is 4. The van der Waals surface area contributed by atoms with Crippen molar-refractivity contribution < 1.29 is 29.0 Å². The van der Waals surface area contributed by atoms with Crippen molar-refractivity contribution in [1.82, 2.24) is 0 Å². The van der Waals surface area contributed by atoms with Crippen molar-refractivity contribution in [3.8, 4) is 0 Å². The molecule has 0 radical (unpaired) electrons. The number of carbonyl (C=O) groups excluding carboxylic acids is 1. The maximum absolute atomic E-state index is 9.90. The molecule has 0 amide bonds. The van der Waals surface area contributed by atoms with E-state index in [0.717, 1.165) is 6.92 Å². The van der Waals surface area contributed by atoms with Crippen molar-refractivity contribution >= 4 is 19.3 Å². The highest BCUT2D eigenvalue weighted by molar-refractivity contribution is 7.52. The zero-order valence-corrected chi connectivity index (χ0v) is 8.06. The number of nitrogens with two attached hydrogens (primary N) is 1. The predicted molar refractivity (Wildman–Crippen MR) is 44.0 cm³/mol. The SMILES string of the molecule is CC(=O)C(=O)O.CC(N)P(=O)(O)O. The molecule has 0 aromatic heterocycles. The molecule has 0 spiro atoms. The van der Waals surface area contributed by atoms with E-state index in [1.54, 1.807) is 0 Å². The van der Waals surface area contributed by atoms with E-state index < -0.39 is 25.1 Å². The molecule has 0 aliphatic heterocycles. The normalized spacial score (nSPS) is 12.4. The van der Waals surface area contributed by atoms with Crippen LogP contribution in [0, 0.1) is 0 Å². The third kappa shape index (κ3) is 11.2. The molecule has 78 valence electrons. The summed E-state index contributed by atoms with van der Waals surface area (Å²) in [7, 11) is -3.96. The maximum Gasteiger partial charge on any atom is 0.371 e. The third-order valence-corrected chi connectivity index (χ3v) is 1.89. The molecule has 0 aliphatic carbocycles. The summed E-state index contributed by atoms with van der Waals surface area (Å²) in [6, 6.07) is 0. The zero-order chi connectivity index (χ0) is 11.2. The minimum Gasteiger partial charge on any atom is -0.476 e. The minimum atomic E-state index is -3.96. The maximum atomic E-state index is 9.90. The molecule has 0 aromatic carbocycles. The fraction of sp³-hybridized carbons (Fsp3) is 0.600. The summed E-state index contributed by atoms with van der Waals surface area (Å²) in [5, 5.41) is 7.64. The number of carboxylic acids is 1. The monoisotopic (exact) mass is 213 g/mol. The van der Waals surface area contributed by atoms with Gasteiger partial charge in [-0.1, -0.05) is 0 Å². The van der Waals surface area contributed by atoms with Gasteiger partial charge in [0.05, 0.1) is 0 Å². The van der Waals surface area contributed by atoms with E-state index in [9.17, 15) is 14.2 Å². The second-order valence-electron chi connectivity index (χ2n) is 2.19. The fourth-order valence-electron chi connectivity index (χ4n) is 0. The van der Waals surface area contributed by atoms with E-state index in [2.05, 4.69) is 0 Å². The molecule has 13 heavy (non-hydrogen) atoms. The molecule has 0 fully saturated rings. The van der Waals surface area contributed by atoms with Gasteiger partial charge in [-0.05, 0) is 6.92 Å². The van der Waals surface area contributed by atoms with E-state index in [0.29, 0.717) is 0 Å². The number of rotatable bonds is 2. The van der Waals surface area contributed by atoms with Crippen molar-refractivity contribution in [2.75, 3.05) is 0 Å². The average molecular weight is 213 g/mol. The van der Waals surface area contributed by atoms with Gasteiger partial charge in [0.25, 0.3) is 0 Å². The summed E-state index contributed by atoms with van der Waals surface area (Å²) in [6.45, 7) is 2.27. The molecular formula is C5H12NO6P. The Labute approximate surface area is 74.7 Å². The summed E-state index contributed by atoms with van der Waals surface area (Å²) in [6.07, 6.45) is 0. The van der Waals surface area contributed by atoms with Crippen LogP contribution in [0.2, 0.25) is 0 Å². The minimum absolute atomic E-state index is 0.824. The van der Waals surface area contributed by atoms with Gasteiger partial charge in [-0.3, -0.25) is 9.36 Å². The van der Waals surface area contributed by atoms with Crippen LogP contribution in [0.3, 0.4) is 0 Å². The molecular weight excluding hydrogens is 201 g/mol. The highest BCUT2D eigenvalue weighted by Gasteiger charge is 2.17. The average Bonchev–Trinajstić information content (AvgIpc) is 1.86. The number of hydrogen-bond acceptors (Lipinski definition) is 4. The van der Waals surface area contributed by atoms with Gasteiger partial charge in [0.2, 0.25) is 5.78 Å². The van der Waals surface area contributed by atoms with E-state index in [1.807, 2.05) is 0 Å². The standard InChI is InChI=1S/C3H4O3.C2H8NO3P/c1-2(4)3(5)6;1-2(3)7(4,5)6/h1H3,(H,5,6);2H,3H2,1H3,(H2,4,5,6). The van der Waals surface area contributed by atoms with Crippen LogP contribution in [0.4, 0.5) is 0 Å². The lowest BCUT2D eigenvalue weighted by Gasteiger charge is -2.04. The number of aliphatic carboxylic acids is 1. The smallest absolute Gasteiger partial charge is 0.371 e. The van der Waals surface area contributed by atoms with Gasteiger partial charge in [0, 0.05) is 6.92 Å². The Hall–Kier alpha value is -0.750. The summed E-state index contributed by atoms with van der Waals surface area (Å²) in [4.78, 5) is 35.1. The molecule has 5 N–H and O–H groups in total. The molecule has 1 unspecified atom stereocenters. The number of carboxylic acid groups (broad SMARTS) is 1. The quantitative estimate of drug-likeness (QED) is 0.345. The lowest BCUT2D eigenvalue weighted by molar-refractivity contribution is -0.148. The Morgan fingerprint density at radius 3 is 1.54 bits per heavy atom. The van der Waals surface area contributed by atoms with E-state index in [1.165, 1.54) is 6.92 Å². The second-order valence-corrected chi connectivity index (χ2v) is 4.18. The van der Waals surface area contributed by atoms with Gasteiger partial charge in [-0.2, -0.15) is 0 Å². The van der Waals surface area contributed by atoms with E-state index in [-0.39, 0.29) is 0 Å². The van der Waals surface area contributed by atoms with Crippen molar-refractivity contribution in [1.29, 1.82) is 0 Å². The van der Waals surface area contributed by atoms with Crippen molar-refractivity contribution in [2.45, 2.75) is 19.6 Å². The van der Waals surface area contributed by atoms with Crippen molar-refractivity contribution in [3.05, 3.63) is 0 Å². The number of ketones is 1. The van der Waals surface area contributed by atoms with Crippen LogP contribution >= 0.6 is 7.60 Å². The van der Waals surface area contributed by atoms with E-state index in [4.69, 9.17) is 20.6 Å². The first-order valence-electron chi connectivity index (χ1n) is 3.13. The first-order chi connectivity index (χ1) is 5.59. The summed E-state index contributed by atoms with van der Waals surface area (Å²) in [5.41, 5.74) is 4.81. The Kier molecular flexibility index (Phi) is 6.61. The Morgan fingerprint density at radius 1 is 1.38 bits per heavy atom. The molecule has 0 aliphatic rings. The lowest BCUT2D eigenvalue weighted by atomic mass is 10.5. The number of carbonyl (C=O) groups is 2. The second kappa shape index (κ2) is 5.82. The molecule has 0 aromatic rings. The van der Waals surface area contributed by atoms with Crippen LogP contribution in [-0.2, 0) is 14.2 Å². The molecule has 8 heteroatoms. The Balaban J connectivity index is 0. The van der Waals surface area contributed by atoms with Crippen molar-refractivity contribution in [3.63, 3.8) is 0 Å². The van der Waals surface area contributed by atoms with Gasteiger partial charge in [0.1, 0.15) is 5.78 Å². The Morgan fingerprint density at radius 2 is 1.54 bits per heavy atom. The van der Waals surface area contributed by atoms with E-state index >= 15 is 0 Å². The summed E-state index contributed by atoms with van der Waals surface area (Å²) in [5.74, 6) is -3.24. The van der Waals surface area contributed by atoms with Crippen LogP contribution < -0.4 is 5.73 Å². The molecule has 7 nitrogen and oxygen atoms in total. The summed E-state index contributed by atoms with van der Waals surface area (Å²) >= 11 is 0. The highest BCUT2D eigenvalue weighted by Crippen LogP contribution is 2.37. The number of Topliss-reactive ketones (excluding diaryl/α,β-unsaturated/α-hetero) is 1. The van der Waals surface area contributed by atoms with Crippen LogP contribution in [-0.4, -0.2) is 32.4 Å². The fourth-order valence-corrected chi connectivity index (χ4v) is 0. The van der Waals surface area contributed by atoms with Crippen LogP contribution in [0.1, 0.15) is 13.8 Å². The largest absolute Gasteiger partial charge is 0.476 e. The molecule has 1 atom stereocenters. The van der Waals surface area contributed by atoms with Crippen LogP contribution in [0.5, 0.6) is 0 Å². The third-order valence-electron chi connectivity index (χ3n) is 0.832. The van der Waals surface area contributed by atoms with Gasteiger partial charge >= 0.3 is 13.6 Å². The predicted octanol–water partition coefficient (Wildman–Crippen LogP) is -0.871.